The second-order valence-electron chi connectivity index (χ2n) is 7.34. The predicted molar refractivity (Wildman–Crippen MR) is 102 cm³/mol. The number of hydrogen-bond donors (Lipinski definition) is 2. The Kier molecular flexibility index (Phi) is 4.94. The number of carboxylic acids is 1. The largest absolute Gasteiger partial charge is 0.494 e. The molecule has 27 heavy (non-hydrogen) atoms. The fourth-order valence-corrected chi connectivity index (χ4v) is 4.16. The van der Waals surface area contributed by atoms with Gasteiger partial charge in [-0.2, -0.15) is 0 Å². The maximum atomic E-state index is 15.1. The smallest absolute Gasteiger partial charge is 0.341 e. The van der Waals surface area contributed by atoms with Crippen LogP contribution in [0.15, 0.2) is 17.1 Å². The van der Waals surface area contributed by atoms with E-state index in [1.807, 2.05) is 0 Å². The molecule has 2 aliphatic rings. The number of aromatic carboxylic acids is 1. The molecule has 1 aromatic heterocycles. The van der Waals surface area contributed by atoms with Gasteiger partial charge in [0, 0.05) is 17.8 Å². The van der Waals surface area contributed by atoms with Crippen LogP contribution in [0.5, 0.6) is 5.75 Å². The molecule has 0 bridgehead atoms. The predicted octanol–water partition coefficient (Wildman–Crippen LogP) is 3.33. The van der Waals surface area contributed by atoms with E-state index in [4.69, 9.17) is 10.5 Å². The Bertz CT molecular complexity index is 978. The van der Waals surface area contributed by atoms with E-state index in [9.17, 15) is 14.7 Å². The Morgan fingerprint density at radius 2 is 2.00 bits per heavy atom. The lowest BCUT2D eigenvalue weighted by molar-refractivity contribution is 0.0695. The number of aromatic nitrogens is 1. The van der Waals surface area contributed by atoms with Crippen LogP contribution in [0.3, 0.4) is 0 Å². The summed E-state index contributed by atoms with van der Waals surface area (Å²) in [4.78, 5) is 24.1. The van der Waals surface area contributed by atoms with Gasteiger partial charge in [0.05, 0.1) is 23.6 Å². The fourth-order valence-electron chi connectivity index (χ4n) is 4.16. The van der Waals surface area contributed by atoms with Crippen molar-refractivity contribution >= 4 is 29.3 Å². The van der Waals surface area contributed by atoms with Gasteiger partial charge in [0.15, 0.2) is 5.75 Å². The summed E-state index contributed by atoms with van der Waals surface area (Å²) >= 11 is 0. The van der Waals surface area contributed by atoms with Gasteiger partial charge in [0.2, 0.25) is 5.43 Å². The van der Waals surface area contributed by atoms with Crippen LogP contribution in [0.4, 0.5) is 4.39 Å². The van der Waals surface area contributed by atoms with Crippen LogP contribution in [-0.4, -0.2) is 22.8 Å². The van der Waals surface area contributed by atoms with Crippen LogP contribution >= 0.6 is 12.4 Å². The molecule has 1 heterocycles. The summed E-state index contributed by atoms with van der Waals surface area (Å²) in [5.41, 5.74) is 5.34. The van der Waals surface area contributed by atoms with Crippen molar-refractivity contribution in [2.75, 3.05) is 7.11 Å². The lowest BCUT2D eigenvalue weighted by atomic mass is 9.87. The Balaban J connectivity index is 0.00000210. The summed E-state index contributed by atoms with van der Waals surface area (Å²) in [6.07, 6.45) is 6.21. The van der Waals surface area contributed by atoms with E-state index in [0.29, 0.717) is 23.9 Å². The lowest BCUT2D eigenvalue weighted by Crippen LogP contribution is -2.35. The molecule has 0 radical (unpaired) electrons. The van der Waals surface area contributed by atoms with Gasteiger partial charge in [-0.15, -0.1) is 12.4 Å². The van der Waals surface area contributed by atoms with Crippen molar-refractivity contribution in [2.45, 2.75) is 50.1 Å². The topological polar surface area (TPSA) is 94.6 Å². The van der Waals surface area contributed by atoms with E-state index in [1.165, 1.54) is 13.3 Å². The van der Waals surface area contributed by atoms with Crippen LogP contribution in [0.25, 0.3) is 10.9 Å². The average Bonchev–Trinajstić information content (AvgIpc) is 3.35. The highest BCUT2D eigenvalue weighted by Gasteiger charge is 2.39. The Morgan fingerprint density at radius 1 is 1.37 bits per heavy atom. The molecule has 0 saturated heterocycles. The highest BCUT2D eigenvalue weighted by Crippen LogP contribution is 2.46. The highest BCUT2D eigenvalue weighted by molar-refractivity contribution is 5.95. The summed E-state index contributed by atoms with van der Waals surface area (Å²) in [7, 11) is 1.43. The first kappa shape index (κ1) is 19.6. The molecule has 2 aliphatic carbocycles. The number of hydrogen-bond acceptors (Lipinski definition) is 4. The second-order valence-corrected chi connectivity index (χ2v) is 7.34. The zero-order valence-corrected chi connectivity index (χ0v) is 15.8. The normalized spacial score (nSPS) is 18.3. The molecule has 1 aromatic carbocycles. The quantitative estimate of drug-likeness (QED) is 0.826. The third-order valence-electron chi connectivity index (χ3n) is 5.59. The van der Waals surface area contributed by atoms with Crippen molar-refractivity contribution < 1.29 is 19.0 Å². The highest BCUT2D eigenvalue weighted by atomic mass is 35.5. The van der Waals surface area contributed by atoms with Crippen molar-refractivity contribution in [3.05, 3.63) is 39.4 Å². The van der Waals surface area contributed by atoms with E-state index < -0.39 is 22.8 Å². The Morgan fingerprint density at radius 3 is 2.52 bits per heavy atom. The molecular weight excluding hydrogens is 375 g/mol. The number of benzene rings is 1. The van der Waals surface area contributed by atoms with Gasteiger partial charge in [-0.05, 0) is 31.7 Å². The lowest BCUT2D eigenvalue weighted by Gasteiger charge is -2.28. The van der Waals surface area contributed by atoms with E-state index in [2.05, 4.69) is 0 Å². The number of fused-ring (bicyclic) bond motifs is 1. The molecule has 2 fully saturated rings. The average molecular weight is 397 g/mol. The minimum absolute atomic E-state index is 0. The molecule has 146 valence electrons. The maximum absolute atomic E-state index is 15.1. The Labute approximate surface area is 161 Å². The van der Waals surface area contributed by atoms with Gasteiger partial charge in [-0.3, -0.25) is 4.79 Å². The van der Waals surface area contributed by atoms with Crippen molar-refractivity contribution in [1.29, 1.82) is 0 Å². The van der Waals surface area contributed by atoms with Crippen molar-refractivity contribution in [1.82, 2.24) is 4.57 Å². The standard InChI is InChI=1S/C19H21FN2O4.ClH/c1-26-17-14(19(21)6-2-3-7-19)13(20)8-11-15(17)22(10-4-5-10)9-12(16(11)23)18(24)25;/h8-10H,2-7,21H2,1H3,(H,24,25);1H. The summed E-state index contributed by atoms with van der Waals surface area (Å²) in [6, 6.07) is 1.22. The van der Waals surface area contributed by atoms with Gasteiger partial charge in [0.25, 0.3) is 0 Å². The first-order valence-electron chi connectivity index (χ1n) is 8.85. The third kappa shape index (κ3) is 2.99. The summed E-state index contributed by atoms with van der Waals surface area (Å²) in [5.74, 6) is -1.67. The zero-order valence-electron chi connectivity index (χ0n) is 15.0. The van der Waals surface area contributed by atoms with Crippen molar-refractivity contribution in [2.24, 2.45) is 5.73 Å². The Hall–Kier alpha value is -2.12. The molecule has 0 spiro atoms. The number of carbonyl (C=O) groups is 1. The number of ether oxygens (including phenoxy) is 1. The molecule has 2 saturated carbocycles. The van der Waals surface area contributed by atoms with Gasteiger partial charge in [-0.1, -0.05) is 12.8 Å². The molecule has 0 amide bonds. The molecular formula is C19H22ClFN2O4. The molecule has 0 atom stereocenters. The van der Waals surface area contributed by atoms with Crippen molar-refractivity contribution in [3.63, 3.8) is 0 Å². The SMILES string of the molecule is COc1c(C2(N)CCCC2)c(F)cc2c(=O)c(C(=O)O)cn(C3CC3)c12.Cl. The fraction of sp³-hybridized carbons (Fsp3) is 0.474. The van der Waals surface area contributed by atoms with Crippen LogP contribution in [-0.2, 0) is 5.54 Å². The van der Waals surface area contributed by atoms with Gasteiger partial charge < -0.3 is 20.1 Å². The second kappa shape index (κ2) is 6.80. The zero-order chi connectivity index (χ0) is 18.6. The molecule has 2 aromatic rings. The summed E-state index contributed by atoms with van der Waals surface area (Å²) in [5, 5.41) is 9.38. The summed E-state index contributed by atoms with van der Waals surface area (Å²) < 4.78 is 22.4. The van der Waals surface area contributed by atoms with Crippen LogP contribution in [0, 0.1) is 5.82 Å². The summed E-state index contributed by atoms with van der Waals surface area (Å²) in [6.45, 7) is 0. The first-order chi connectivity index (χ1) is 12.4. The number of halogens is 2. The number of carboxylic acid groups (broad SMARTS) is 1. The van der Waals surface area contributed by atoms with Crippen LogP contribution < -0.4 is 15.9 Å². The number of nitrogens with zero attached hydrogens (tertiary/aromatic N) is 1. The van der Waals surface area contributed by atoms with Crippen LogP contribution in [0.1, 0.15) is 60.5 Å². The third-order valence-corrected chi connectivity index (χ3v) is 5.59. The number of methoxy groups -OCH3 is 1. The molecule has 0 unspecified atom stereocenters. The monoisotopic (exact) mass is 396 g/mol. The number of pyridine rings is 1. The minimum atomic E-state index is -1.32. The maximum Gasteiger partial charge on any atom is 0.341 e. The molecule has 3 N–H and O–H groups in total. The molecule has 6 nitrogen and oxygen atoms in total. The number of nitrogens with two attached hydrogens (primary N) is 1. The van der Waals surface area contributed by atoms with E-state index in [-0.39, 0.29) is 35.1 Å². The van der Waals surface area contributed by atoms with Crippen LogP contribution in [0.2, 0.25) is 0 Å². The van der Waals surface area contributed by atoms with Gasteiger partial charge in [0.1, 0.15) is 11.4 Å². The van der Waals surface area contributed by atoms with Crippen molar-refractivity contribution in [3.8, 4) is 5.75 Å². The van der Waals surface area contributed by atoms with E-state index in [0.717, 1.165) is 31.7 Å². The first-order valence-corrected chi connectivity index (χ1v) is 8.85. The minimum Gasteiger partial charge on any atom is -0.494 e. The van der Waals surface area contributed by atoms with E-state index >= 15 is 4.39 Å². The molecule has 4 rings (SSSR count). The van der Waals surface area contributed by atoms with Gasteiger partial charge in [-0.25, -0.2) is 9.18 Å². The molecule has 8 heteroatoms. The van der Waals surface area contributed by atoms with E-state index in [1.54, 1.807) is 4.57 Å². The number of rotatable bonds is 4. The molecule has 0 aliphatic heterocycles. The van der Waals surface area contributed by atoms with Gasteiger partial charge >= 0.3 is 5.97 Å².